The van der Waals surface area contributed by atoms with Crippen molar-refractivity contribution < 1.29 is 19.4 Å². The Hall–Kier alpha value is -5.04. The molecule has 0 bridgehead atoms. The Morgan fingerprint density at radius 3 is 2.33 bits per heavy atom. The molecule has 6 rings (SSSR count). The summed E-state index contributed by atoms with van der Waals surface area (Å²) < 4.78 is 11.3. The normalized spacial score (nSPS) is 14.2. The standard InChI is InChI=1S/C35H33N3O4/c1-22-19-23(2)34(39)29(20-22)31-30-32(37-36-31)35(40)38(18-17-24-9-13-27(41-3)14-10-24)33(30)26-11-15-28(16-12-26)42-21-25-7-5-4-6-8-25/h4-16,19-20,33,39H,17-18,21H2,1-3H3,(H,36,37). The molecule has 0 saturated heterocycles. The Bertz CT molecular complexity index is 1710. The van der Waals surface area contributed by atoms with Gasteiger partial charge >= 0.3 is 0 Å². The van der Waals surface area contributed by atoms with Gasteiger partial charge in [-0.25, -0.2) is 0 Å². The molecule has 7 heteroatoms. The molecule has 4 aromatic carbocycles. The summed E-state index contributed by atoms with van der Waals surface area (Å²) in [6.45, 7) is 4.83. The Morgan fingerprint density at radius 2 is 1.62 bits per heavy atom. The highest BCUT2D eigenvalue weighted by molar-refractivity contribution is 6.00. The number of hydrogen-bond donors (Lipinski definition) is 2. The van der Waals surface area contributed by atoms with Crippen LogP contribution in [-0.4, -0.2) is 39.8 Å². The van der Waals surface area contributed by atoms with Crippen LogP contribution >= 0.6 is 0 Å². The molecule has 212 valence electrons. The van der Waals surface area contributed by atoms with Gasteiger partial charge in [0.05, 0.1) is 13.2 Å². The first-order valence-corrected chi connectivity index (χ1v) is 14.0. The summed E-state index contributed by atoms with van der Waals surface area (Å²) in [6.07, 6.45) is 0.673. The van der Waals surface area contributed by atoms with Crippen LogP contribution in [0.25, 0.3) is 11.3 Å². The van der Waals surface area contributed by atoms with Gasteiger partial charge in [0.1, 0.15) is 35.2 Å². The van der Waals surface area contributed by atoms with Gasteiger partial charge in [0.2, 0.25) is 0 Å². The number of benzene rings is 4. The van der Waals surface area contributed by atoms with Gasteiger partial charge in [-0.05, 0) is 78.4 Å². The van der Waals surface area contributed by atoms with Crippen LogP contribution in [0.3, 0.4) is 0 Å². The number of fused-ring (bicyclic) bond motifs is 1. The van der Waals surface area contributed by atoms with E-state index in [-0.39, 0.29) is 17.7 Å². The summed E-state index contributed by atoms with van der Waals surface area (Å²) in [7, 11) is 1.65. The van der Waals surface area contributed by atoms with Crippen molar-refractivity contribution in [2.75, 3.05) is 13.7 Å². The minimum Gasteiger partial charge on any atom is -0.507 e. The molecule has 0 saturated carbocycles. The van der Waals surface area contributed by atoms with Crippen molar-refractivity contribution in [2.45, 2.75) is 32.9 Å². The maximum absolute atomic E-state index is 13.8. The predicted molar refractivity (Wildman–Crippen MR) is 162 cm³/mol. The molecule has 0 spiro atoms. The lowest BCUT2D eigenvalue weighted by atomic mass is 9.94. The zero-order chi connectivity index (χ0) is 29.2. The van der Waals surface area contributed by atoms with E-state index in [0.717, 1.165) is 44.9 Å². The van der Waals surface area contributed by atoms with Crippen molar-refractivity contribution in [3.8, 4) is 28.5 Å². The molecule has 0 aliphatic carbocycles. The lowest BCUT2D eigenvalue weighted by Crippen LogP contribution is -2.31. The van der Waals surface area contributed by atoms with Crippen LogP contribution in [0.15, 0.2) is 91.0 Å². The van der Waals surface area contributed by atoms with Gasteiger partial charge in [-0.1, -0.05) is 60.7 Å². The topological polar surface area (TPSA) is 87.7 Å². The van der Waals surface area contributed by atoms with E-state index >= 15 is 0 Å². The highest BCUT2D eigenvalue weighted by Gasteiger charge is 2.42. The highest BCUT2D eigenvalue weighted by atomic mass is 16.5. The lowest BCUT2D eigenvalue weighted by molar-refractivity contribution is 0.0746. The molecular formula is C35H33N3O4. The SMILES string of the molecule is COc1ccc(CCN2C(=O)c3[nH]nc(-c4cc(C)cc(C)c4O)c3C2c2ccc(OCc3ccccc3)cc2)cc1. The average Bonchev–Trinajstić information content (AvgIpc) is 3.56. The Balaban J connectivity index is 1.35. The molecule has 1 atom stereocenters. The summed E-state index contributed by atoms with van der Waals surface area (Å²) >= 11 is 0. The number of aromatic nitrogens is 2. The zero-order valence-electron chi connectivity index (χ0n) is 23.9. The number of carbonyl (C=O) groups is 1. The molecule has 1 aromatic heterocycles. The van der Waals surface area contributed by atoms with Crippen molar-refractivity contribution in [3.63, 3.8) is 0 Å². The van der Waals surface area contributed by atoms with Crippen LogP contribution in [0.1, 0.15) is 49.9 Å². The van der Waals surface area contributed by atoms with Gasteiger partial charge < -0.3 is 19.5 Å². The van der Waals surface area contributed by atoms with Crippen molar-refractivity contribution in [2.24, 2.45) is 0 Å². The first-order valence-electron chi connectivity index (χ1n) is 14.0. The molecule has 1 unspecified atom stereocenters. The summed E-state index contributed by atoms with van der Waals surface area (Å²) in [4.78, 5) is 15.7. The third kappa shape index (κ3) is 5.21. The molecule has 1 aliphatic heterocycles. The molecule has 2 N–H and O–H groups in total. The quantitative estimate of drug-likeness (QED) is 0.208. The Morgan fingerprint density at radius 1 is 0.905 bits per heavy atom. The number of nitrogens with zero attached hydrogens (tertiary/aromatic N) is 2. The molecule has 1 amide bonds. The molecular weight excluding hydrogens is 526 g/mol. The maximum Gasteiger partial charge on any atom is 0.273 e. The molecule has 42 heavy (non-hydrogen) atoms. The number of methoxy groups -OCH3 is 1. The molecule has 0 fully saturated rings. The average molecular weight is 560 g/mol. The monoisotopic (exact) mass is 559 g/mol. The van der Waals surface area contributed by atoms with E-state index in [1.807, 2.05) is 110 Å². The Labute approximate surface area is 245 Å². The molecule has 2 heterocycles. The number of nitrogens with one attached hydrogen (secondary N) is 1. The first-order chi connectivity index (χ1) is 20.4. The number of rotatable bonds is 9. The van der Waals surface area contributed by atoms with Crippen LogP contribution in [0.5, 0.6) is 17.2 Å². The fourth-order valence-electron chi connectivity index (χ4n) is 5.65. The number of amides is 1. The number of aromatic hydroxyl groups is 1. The zero-order valence-corrected chi connectivity index (χ0v) is 23.9. The first kappa shape index (κ1) is 27.1. The molecule has 5 aromatic rings. The Kier molecular flexibility index (Phi) is 7.40. The number of H-pyrrole nitrogens is 1. The smallest absolute Gasteiger partial charge is 0.273 e. The van der Waals surface area contributed by atoms with Crippen molar-refractivity contribution in [1.82, 2.24) is 15.1 Å². The second-order valence-electron chi connectivity index (χ2n) is 10.7. The van der Waals surface area contributed by atoms with Crippen LogP contribution in [-0.2, 0) is 13.0 Å². The van der Waals surface area contributed by atoms with Crippen molar-refractivity contribution in [1.29, 1.82) is 0 Å². The van der Waals surface area contributed by atoms with Crippen molar-refractivity contribution >= 4 is 5.91 Å². The van der Waals surface area contributed by atoms with E-state index in [9.17, 15) is 9.90 Å². The van der Waals surface area contributed by atoms with Crippen LogP contribution in [0, 0.1) is 13.8 Å². The summed E-state index contributed by atoms with van der Waals surface area (Å²) in [5.74, 6) is 1.59. The van der Waals surface area contributed by atoms with Crippen LogP contribution in [0.2, 0.25) is 0 Å². The second kappa shape index (κ2) is 11.4. The van der Waals surface area contributed by atoms with E-state index in [0.29, 0.717) is 36.5 Å². The summed E-state index contributed by atoms with van der Waals surface area (Å²) in [5.41, 5.74) is 7.33. The fourth-order valence-corrected chi connectivity index (χ4v) is 5.65. The molecule has 1 aliphatic rings. The fraction of sp³-hybridized carbons (Fsp3) is 0.200. The summed E-state index contributed by atoms with van der Waals surface area (Å²) in [6, 6.07) is 29.3. The van der Waals surface area contributed by atoms with Crippen LogP contribution in [0.4, 0.5) is 0 Å². The van der Waals surface area contributed by atoms with Gasteiger partial charge in [-0.15, -0.1) is 0 Å². The minimum atomic E-state index is -0.386. The molecule has 7 nitrogen and oxygen atoms in total. The van der Waals surface area contributed by atoms with Gasteiger partial charge in [0.15, 0.2) is 0 Å². The third-order valence-electron chi connectivity index (χ3n) is 7.81. The van der Waals surface area contributed by atoms with Crippen molar-refractivity contribution in [3.05, 3.63) is 130 Å². The third-order valence-corrected chi connectivity index (χ3v) is 7.81. The van der Waals surface area contributed by atoms with E-state index in [1.165, 1.54) is 0 Å². The van der Waals surface area contributed by atoms with E-state index in [2.05, 4.69) is 10.2 Å². The van der Waals surface area contributed by atoms with Gasteiger partial charge in [0, 0.05) is 17.7 Å². The van der Waals surface area contributed by atoms with E-state index in [4.69, 9.17) is 9.47 Å². The number of phenolic OH excluding ortho intramolecular Hbond substituents is 1. The number of aromatic amines is 1. The van der Waals surface area contributed by atoms with E-state index in [1.54, 1.807) is 7.11 Å². The number of ether oxygens (including phenoxy) is 2. The van der Waals surface area contributed by atoms with Crippen LogP contribution < -0.4 is 9.47 Å². The van der Waals surface area contributed by atoms with Gasteiger partial charge in [0.25, 0.3) is 5.91 Å². The minimum absolute atomic E-state index is 0.115. The maximum atomic E-state index is 13.8. The number of aryl methyl sites for hydroxylation is 2. The second-order valence-corrected chi connectivity index (χ2v) is 10.7. The largest absolute Gasteiger partial charge is 0.507 e. The van der Waals surface area contributed by atoms with E-state index < -0.39 is 0 Å². The lowest BCUT2D eigenvalue weighted by Gasteiger charge is -2.27. The number of carbonyl (C=O) groups excluding carboxylic acids is 1. The number of phenols is 1. The predicted octanol–water partition coefficient (Wildman–Crippen LogP) is 6.77. The number of hydrogen-bond acceptors (Lipinski definition) is 5. The molecule has 0 radical (unpaired) electrons. The van der Waals surface area contributed by atoms with Gasteiger partial charge in [-0.2, -0.15) is 5.10 Å². The highest BCUT2D eigenvalue weighted by Crippen LogP contribution is 2.45. The summed E-state index contributed by atoms with van der Waals surface area (Å²) in [5, 5.41) is 18.6. The van der Waals surface area contributed by atoms with Gasteiger partial charge in [-0.3, -0.25) is 9.89 Å².